The minimum atomic E-state index is -4.58. The molecule has 0 bridgehead atoms. The van der Waals surface area contributed by atoms with Crippen LogP contribution in [0.4, 0.5) is 13.2 Å². The molecule has 0 aromatic rings. The predicted octanol–water partition coefficient (Wildman–Crippen LogP) is 5.51. The van der Waals surface area contributed by atoms with Crippen LogP contribution in [0.15, 0.2) is 39.6 Å². The Morgan fingerprint density at radius 1 is 1.41 bits per heavy atom. The van der Waals surface area contributed by atoms with Gasteiger partial charge in [0.15, 0.2) is 0 Å². The second-order valence-corrected chi connectivity index (χ2v) is 7.28. The first kappa shape index (κ1) is 23.7. The van der Waals surface area contributed by atoms with E-state index >= 15 is 0 Å². The quantitative estimate of drug-likeness (QED) is 0.301. The zero-order chi connectivity index (χ0) is 20.7. The van der Waals surface area contributed by atoms with Crippen LogP contribution in [-0.2, 0) is 4.84 Å². The highest BCUT2D eigenvalue weighted by Crippen LogP contribution is 2.44. The molecule has 0 aromatic carbocycles. The Balaban J connectivity index is 3.00. The normalized spacial score (nSPS) is 23.3. The third-order valence-corrected chi connectivity index (χ3v) is 4.85. The van der Waals surface area contributed by atoms with Crippen molar-refractivity contribution in [3.63, 3.8) is 0 Å². The number of allylic oxidation sites excluding steroid dienone is 4. The smallest absolute Gasteiger partial charge is 0.378 e. The van der Waals surface area contributed by atoms with Crippen LogP contribution in [0.5, 0.6) is 0 Å². The van der Waals surface area contributed by atoms with E-state index in [4.69, 9.17) is 22.3 Å². The molecule has 8 heteroatoms. The molecule has 0 spiro atoms. The van der Waals surface area contributed by atoms with Crippen molar-refractivity contribution in [2.45, 2.75) is 77.6 Å². The number of hydrogen-bond acceptors (Lipinski definition) is 4. The van der Waals surface area contributed by atoms with Crippen LogP contribution in [0.3, 0.4) is 0 Å². The van der Waals surface area contributed by atoms with Crippen molar-refractivity contribution in [3.05, 3.63) is 34.4 Å². The van der Waals surface area contributed by atoms with Gasteiger partial charge in [-0.25, -0.2) is 0 Å². The van der Waals surface area contributed by atoms with Gasteiger partial charge >= 0.3 is 6.18 Å². The standard InChI is InChI=1S/C19H29ClF3N3O/c1-5-7-16(25-24)11-14(4)17-12-18(27-26-17,19(21,22)23)9-8-15(20)10-13(3)6-2/h8,10-11,16,25H,5-7,9,12,24H2,1-4H3/b13-10-,14-11+,15-8+. The second kappa shape index (κ2) is 10.3. The summed E-state index contributed by atoms with van der Waals surface area (Å²) in [6.45, 7) is 7.54. The molecule has 3 N–H and O–H groups in total. The van der Waals surface area contributed by atoms with E-state index in [9.17, 15) is 13.2 Å². The Morgan fingerprint density at radius 3 is 2.59 bits per heavy atom. The number of oxime groups is 1. The van der Waals surface area contributed by atoms with Crippen molar-refractivity contribution in [2.75, 3.05) is 0 Å². The molecule has 2 unspecified atom stereocenters. The molecule has 1 heterocycles. The Morgan fingerprint density at radius 2 is 2.07 bits per heavy atom. The van der Waals surface area contributed by atoms with E-state index in [1.165, 1.54) is 6.08 Å². The van der Waals surface area contributed by atoms with E-state index in [0.29, 0.717) is 5.57 Å². The number of alkyl halides is 3. The summed E-state index contributed by atoms with van der Waals surface area (Å²) in [7, 11) is 0. The Bertz CT molecular complexity index is 626. The largest absolute Gasteiger partial charge is 0.431 e. The summed E-state index contributed by atoms with van der Waals surface area (Å²) in [5.74, 6) is 5.49. The highest BCUT2D eigenvalue weighted by atomic mass is 35.5. The molecule has 0 fully saturated rings. The van der Waals surface area contributed by atoms with E-state index in [-0.39, 0.29) is 23.2 Å². The average molecular weight is 408 g/mol. The molecule has 0 saturated heterocycles. The number of nitrogens with zero attached hydrogens (tertiary/aromatic N) is 1. The fourth-order valence-corrected chi connectivity index (χ4v) is 2.91. The van der Waals surface area contributed by atoms with Gasteiger partial charge in [-0.05, 0) is 38.3 Å². The maximum atomic E-state index is 13.7. The molecular formula is C19H29ClF3N3O. The van der Waals surface area contributed by atoms with Crippen molar-refractivity contribution < 1.29 is 18.0 Å². The number of halogens is 4. The molecule has 1 rings (SSSR count). The molecule has 4 nitrogen and oxygen atoms in total. The number of hydrazine groups is 1. The van der Waals surface area contributed by atoms with E-state index in [2.05, 4.69) is 10.6 Å². The van der Waals surface area contributed by atoms with Crippen LogP contribution >= 0.6 is 11.6 Å². The lowest BCUT2D eigenvalue weighted by Crippen LogP contribution is -2.45. The molecule has 1 aliphatic heterocycles. The van der Waals surface area contributed by atoms with E-state index < -0.39 is 18.2 Å². The predicted molar refractivity (Wildman–Crippen MR) is 104 cm³/mol. The number of nitrogens with one attached hydrogen (secondary N) is 1. The summed E-state index contributed by atoms with van der Waals surface area (Å²) in [6, 6.07) is -0.130. The maximum absolute atomic E-state index is 13.7. The Hall–Kier alpha value is -1.31. The Labute approximate surface area is 164 Å². The van der Waals surface area contributed by atoms with Crippen molar-refractivity contribution in [1.29, 1.82) is 0 Å². The zero-order valence-corrected chi connectivity index (χ0v) is 17.0. The molecule has 0 saturated carbocycles. The van der Waals surface area contributed by atoms with Crippen LogP contribution in [0.25, 0.3) is 0 Å². The molecular weight excluding hydrogens is 379 g/mol. The van der Waals surface area contributed by atoms with Gasteiger partial charge in [0.2, 0.25) is 5.60 Å². The topological polar surface area (TPSA) is 59.6 Å². The monoisotopic (exact) mass is 407 g/mol. The zero-order valence-electron chi connectivity index (χ0n) is 16.3. The minimum absolute atomic E-state index is 0.130. The summed E-state index contributed by atoms with van der Waals surface area (Å²) >= 11 is 6.06. The van der Waals surface area contributed by atoms with Gasteiger partial charge in [0.1, 0.15) is 0 Å². The van der Waals surface area contributed by atoms with E-state index in [0.717, 1.165) is 24.8 Å². The molecule has 154 valence electrons. The molecule has 0 aliphatic carbocycles. The van der Waals surface area contributed by atoms with Gasteiger partial charge in [0.05, 0.1) is 5.71 Å². The first-order valence-electron chi connectivity index (χ1n) is 9.08. The average Bonchev–Trinajstić information content (AvgIpc) is 3.05. The highest BCUT2D eigenvalue weighted by Gasteiger charge is 2.60. The van der Waals surface area contributed by atoms with Gasteiger partial charge in [-0.3, -0.25) is 11.3 Å². The lowest BCUT2D eigenvalue weighted by molar-refractivity contribution is -0.267. The molecule has 0 radical (unpaired) electrons. The van der Waals surface area contributed by atoms with Crippen LogP contribution in [0, 0.1) is 0 Å². The third-order valence-electron chi connectivity index (χ3n) is 4.59. The molecule has 0 amide bonds. The second-order valence-electron chi connectivity index (χ2n) is 6.85. The Kier molecular flexibility index (Phi) is 9.05. The fourth-order valence-electron chi connectivity index (χ4n) is 2.65. The molecule has 0 aromatic heterocycles. The first-order chi connectivity index (χ1) is 12.6. The summed E-state index contributed by atoms with van der Waals surface area (Å²) in [5, 5.41) is 3.99. The fraction of sp³-hybridized carbons (Fsp3) is 0.632. The summed E-state index contributed by atoms with van der Waals surface area (Å²) in [6.07, 6.45) is 1.88. The molecule has 2 atom stereocenters. The maximum Gasteiger partial charge on any atom is 0.431 e. The summed E-state index contributed by atoms with van der Waals surface area (Å²) < 4.78 is 41.2. The lowest BCUT2D eigenvalue weighted by atomic mass is 9.89. The van der Waals surface area contributed by atoms with Crippen LogP contribution < -0.4 is 11.3 Å². The highest BCUT2D eigenvalue weighted by molar-refractivity contribution is 6.31. The molecule has 27 heavy (non-hydrogen) atoms. The van der Waals surface area contributed by atoms with Crippen LogP contribution in [0.1, 0.15) is 59.8 Å². The van der Waals surface area contributed by atoms with Gasteiger partial charge in [-0.15, -0.1) is 0 Å². The summed E-state index contributed by atoms with van der Waals surface area (Å²) in [5.41, 5.74) is 2.12. The van der Waals surface area contributed by atoms with Gasteiger partial charge < -0.3 is 4.84 Å². The van der Waals surface area contributed by atoms with Crippen molar-refractivity contribution >= 4 is 17.3 Å². The molecule has 1 aliphatic rings. The van der Waals surface area contributed by atoms with Gasteiger partial charge in [-0.2, -0.15) is 13.2 Å². The summed E-state index contributed by atoms with van der Waals surface area (Å²) in [4.78, 5) is 4.94. The number of nitrogens with two attached hydrogens (primary N) is 1. The van der Waals surface area contributed by atoms with Gasteiger partial charge in [0.25, 0.3) is 0 Å². The van der Waals surface area contributed by atoms with Crippen molar-refractivity contribution in [1.82, 2.24) is 5.43 Å². The van der Waals surface area contributed by atoms with Crippen LogP contribution in [-0.4, -0.2) is 23.5 Å². The van der Waals surface area contributed by atoms with Crippen molar-refractivity contribution in [2.24, 2.45) is 11.0 Å². The van der Waals surface area contributed by atoms with Gasteiger partial charge in [-0.1, -0.05) is 54.8 Å². The van der Waals surface area contributed by atoms with E-state index in [1.807, 2.05) is 20.8 Å². The first-order valence-corrected chi connectivity index (χ1v) is 9.45. The number of hydrogen-bond donors (Lipinski definition) is 2. The van der Waals surface area contributed by atoms with E-state index in [1.54, 1.807) is 19.1 Å². The minimum Gasteiger partial charge on any atom is -0.378 e. The number of rotatable bonds is 9. The third kappa shape index (κ3) is 6.66. The van der Waals surface area contributed by atoms with Gasteiger partial charge in [0, 0.05) is 23.9 Å². The van der Waals surface area contributed by atoms with Crippen LogP contribution in [0.2, 0.25) is 0 Å². The SMILES string of the molecule is CCCC(/C=C(\C)C1=NOC(C/C=C(Cl)\C=C(\C)CC)(C(F)(F)F)C1)NN. The van der Waals surface area contributed by atoms with Crippen molar-refractivity contribution in [3.8, 4) is 0 Å². The lowest BCUT2D eigenvalue weighted by Gasteiger charge is -2.28.